The van der Waals surface area contributed by atoms with E-state index in [-0.39, 0.29) is 6.10 Å². The summed E-state index contributed by atoms with van der Waals surface area (Å²) in [6.07, 6.45) is 2.72. The van der Waals surface area contributed by atoms with Crippen LogP contribution in [0.3, 0.4) is 0 Å². The molecule has 1 heterocycles. The zero-order chi connectivity index (χ0) is 10.4. The first kappa shape index (κ1) is 11.6. The lowest BCUT2D eigenvalue weighted by molar-refractivity contribution is -0.0648. The van der Waals surface area contributed by atoms with Crippen molar-refractivity contribution in [3.63, 3.8) is 0 Å². The summed E-state index contributed by atoms with van der Waals surface area (Å²) >= 11 is 3.34. The van der Waals surface area contributed by atoms with Crippen LogP contribution in [0.4, 0.5) is 0 Å². The SMILES string of the molecule is COCOC(C)Cc1ccc(Br)cn1. The Labute approximate surface area is 92.6 Å². The Hall–Kier alpha value is -0.450. The minimum Gasteiger partial charge on any atom is -0.359 e. The van der Waals surface area contributed by atoms with E-state index in [1.165, 1.54) is 0 Å². The van der Waals surface area contributed by atoms with Crippen LogP contribution in [-0.4, -0.2) is 25.0 Å². The maximum Gasteiger partial charge on any atom is 0.146 e. The Balaban J connectivity index is 2.39. The fourth-order valence-electron chi connectivity index (χ4n) is 1.06. The van der Waals surface area contributed by atoms with Gasteiger partial charge in [0.25, 0.3) is 0 Å². The summed E-state index contributed by atoms with van der Waals surface area (Å²) in [6, 6.07) is 3.96. The summed E-state index contributed by atoms with van der Waals surface area (Å²) in [4.78, 5) is 4.26. The maximum absolute atomic E-state index is 5.35. The number of rotatable bonds is 5. The van der Waals surface area contributed by atoms with Crippen molar-refractivity contribution in [2.45, 2.75) is 19.4 Å². The van der Waals surface area contributed by atoms with Crippen molar-refractivity contribution >= 4 is 15.9 Å². The molecule has 0 N–H and O–H groups in total. The van der Waals surface area contributed by atoms with Gasteiger partial charge in [0, 0.05) is 29.9 Å². The number of hydrogen-bond acceptors (Lipinski definition) is 3. The van der Waals surface area contributed by atoms with Crippen LogP contribution in [0.15, 0.2) is 22.8 Å². The third-order valence-corrected chi connectivity index (χ3v) is 2.22. The van der Waals surface area contributed by atoms with Crippen LogP contribution in [0.1, 0.15) is 12.6 Å². The molecule has 0 aliphatic heterocycles. The molecule has 1 aromatic rings. The van der Waals surface area contributed by atoms with Gasteiger partial charge in [-0.15, -0.1) is 0 Å². The van der Waals surface area contributed by atoms with Gasteiger partial charge >= 0.3 is 0 Å². The topological polar surface area (TPSA) is 31.4 Å². The first-order valence-electron chi connectivity index (χ1n) is 4.43. The smallest absolute Gasteiger partial charge is 0.146 e. The molecule has 0 aliphatic rings. The maximum atomic E-state index is 5.35. The molecule has 1 unspecified atom stereocenters. The molecule has 78 valence electrons. The molecule has 0 fully saturated rings. The lowest BCUT2D eigenvalue weighted by Crippen LogP contribution is -2.14. The van der Waals surface area contributed by atoms with E-state index in [4.69, 9.17) is 9.47 Å². The van der Waals surface area contributed by atoms with Gasteiger partial charge in [-0.2, -0.15) is 0 Å². The Morgan fingerprint density at radius 1 is 1.50 bits per heavy atom. The third-order valence-electron chi connectivity index (χ3n) is 1.76. The first-order valence-corrected chi connectivity index (χ1v) is 5.22. The zero-order valence-corrected chi connectivity index (χ0v) is 9.95. The summed E-state index contributed by atoms with van der Waals surface area (Å²) in [6.45, 7) is 2.33. The lowest BCUT2D eigenvalue weighted by Gasteiger charge is -2.11. The number of ether oxygens (including phenoxy) is 2. The molecule has 1 rings (SSSR count). The van der Waals surface area contributed by atoms with Crippen molar-refractivity contribution < 1.29 is 9.47 Å². The second kappa shape index (κ2) is 6.11. The number of aromatic nitrogens is 1. The summed E-state index contributed by atoms with van der Waals surface area (Å²) < 4.78 is 11.2. The average Bonchev–Trinajstić information content (AvgIpc) is 2.18. The average molecular weight is 260 g/mol. The molecule has 0 aliphatic carbocycles. The predicted molar refractivity (Wildman–Crippen MR) is 58.1 cm³/mol. The van der Waals surface area contributed by atoms with Gasteiger partial charge < -0.3 is 9.47 Å². The molecule has 1 aromatic heterocycles. The second-order valence-corrected chi connectivity index (χ2v) is 3.97. The van der Waals surface area contributed by atoms with Crippen molar-refractivity contribution in [3.05, 3.63) is 28.5 Å². The van der Waals surface area contributed by atoms with Gasteiger partial charge in [0.1, 0.15) is 6.79 Å². The van der Waals surface area contributed by atoms with E-state index >= 15 is 0 Å². The van der Waals surface area contributed by atoms with Crippen LogP contribution >= 0.6 is 15.9 Å². The van der Waals surface area contributed by atoms with Crippen LogP contribution in [0.2, 0.25) is 0 Å². The molecule has 0 saturated carbocycles. The monoisotopic (exact) mass is 259 g/mol. The lowest BCUT2D eigenvalue weighted by atomic mass is 10.2. The highest BCUT2D eigenvalue weighted by Crippen LogP contribution is 2.09. The largest absolute Gasteiger partial charge is 0.359 e. The van der Waals surface area contributed by atoms with Gasteiger partial charge in [-0.1, -0.05) is 0 Å². The molecule has 0 radical (unpaired) electrons. The minimum atomic E-state index is 0.128. The number of pyridine rings is 1. The number of halogens is 1. The highest BCUT2D eigenvalue weighted by molar-refractivity contribution is 9.10. The normalized spacial score (nSPS) is 12.8. The summed E-state index contributed by atoms with van der Waals surface area (Å²) in [5.74, 6) is 0. The Kier molecular flexibility index (Phi) is 5.07. The van der Waals surface area contributed by atoms with E-state index in [0.717, 1.165) is 16.6 Å². The van der Waals surface area contributed by atoms with Crippen LogP contribution in [0.25, 0.3) is 0 Å². The number of methoxy groups -OCH3 is 1. The van der Waals surface area contributed by atoms with Crippen molar-refractivity contribution in [2.75, 3.05) is 13.9 Å². The van der Waals surface area contributed by atoms with Crippen LogP contribution in [0, 0.1) is 0 Å². The molecule has 0 bridgehead atoms. The molecule has 3 nitrogen and oxygen atoms in total. The standard InChI is InChI=1S/C10H14BrNO2/c1-8(14-7-13-2)5-10-4-3-9(11)6-12-10/h3-4,6,8H,5,7H2,1-2H3. The van der Waals surface area contributed by atoms with Gasteiger partial charge in [-0.3, -0.25) is 4.98 Å². The highest BCUT2D eigenvalue weighted by atomic mass is 79.9. The molecule has 0 spiro atoms. The molecular formula is C10H14BrNO2. The predicted octanol–water partition coefficient (Wildman–Crippen LogP) is 2.40. The van der Waals surface area contributed by atoms with Crippen molar-refractivity contribution in [1.29, 1.82) is 0 Å². The van der Waals surface area contributed by atoms with Gasteiger partial charge in [-0.25, -0.2) is 0 Å². The van der Waals surface area contributed by atoms with Gasteiger partial charge in [-0.05, 0) is 35.0 Å². The Bertz CT molecular complexity index is 263. The summed E-state index contributed by atoms with van der Waals surface area (Å²) in [5, 5.41) is 0. The summed E-state index contributed by atoms with van der Waals surface area (Å²) in [7, 11) is 1.62. The fourth-order valence-corrected chi connectivity index (χ4v) is 1.30. The van der Waals surface area contributed by atoms with E-state index < -0.39 is 0 Å². The summed E-state index contributed by atoms with van der Waals surface area (Å²) in [5.41, 5.74) is 1.02. The van der Waals surface area contributed by atoms with E-state index in [1.807, 2.05) is 19.1 Å². The van der Waals surface area contributed by atoms with Gasteiger partial charge in [0.15, 0.2) is 0 Å². The fraction of sp³-hybridized carbons (Fsp3) is 0.500. The van der Waals surface area contributed by atoms with Crippen LogP contribution in [-0.2, 0) is 15.9 Å². The quantitative estimate of drug-likeness (QED) is 0.762. The molecule has 14 heavy (non-hydrogen) atoms. The van der Waals surface area contributed by atoms with Gasteiger partial charge in [0.05, 0.1) is 6.10 Å². The number of hydrogen-bond donors (Lipinski definition) is 0. The molecule has 1 atom stereocenters. The van der Waals surface area contributed by atoms with Crippen LogP contribution in [0.5, 0.6) is 0 Å². The van der Waals surface area contributed by atoms with E-state index in [0.29, 0.717) is 6.79 Å². The number of nitrogens with zero attached hydrogens (tertiary/aromatic N) is 1. The Morgan fingerprint density at radius 3 is 2.86 bits per heavy atom. The first-order chi connectivity index (χ1) is 6.72. The van der Waals surface area contributed by atoms with E-state index in [1.54, 1.807) is 13.3 Å². The Morgan fingerprint density at radius 2 is 2.29 bits per heavy atom. The van der Waals surface area contributed by atoms with E-state index in [2.05, 4.69) is 20.9 Å². The molecule has 0 saturated heterocycles. The van der Waals surface area contributed by atoms with Crippen LogP contribution < -0.4 is 0 Å². The van der Waals surface area contributed by atoms with Crippen molar-refractivity contribution in [3.8, 4) is 0 Å². The zero-order valence-electron chi connectivity index (χ0n) is 8.37. The molecule has 0 aromatic carbocycles. The third kappa shape index (κ3) is 4.17. The highest BCUT2D eigenvalue weighted by Gasteiger charge is 2.04. The van der Waals surface area contributed by atoms with Crippen molar-refractivity contribution in [2.24, 2.45) is 0 Å². The second-order valence-electron chi connectivity index (χ2n) is 3.06. The van der Waals surface area contributed by atoms with Gasteiger partial charge in [0.2, 0.25) is 0 Å². The van der Waals surface area contributed by atoms with E-state index in [9.17, 15) is 0 Å². The van der Waals surface area contributed by atoms with Crippen molar-refractivity contribution in [1.82, 2.24) is 4.98 Å². The molecular weight excluding hydrogens is 246 g/mol. The molecule has 4 heteroatoms. The molecule has 0 amide bonds. The minimum absolute atomic E-state index is 0.128.